The lowest BCUT2D eigenvalue weighted by molar-refractivity contribution is -0.126. The minimum atomic E-state index is -4.21. The fourth-order valence-corrected chi connectivity index (χ4v) is 5.65. The van der Waals surface area contributed by atoms with Gasteiger partial charge in [-0.2, -0.15) is 18.3 Å². The van der Waals surface area contributed by atoms with Crippen molar-refractivity contribution in [3.8, 4) is 0 Å². The van der Waals surface area contributed by atoms with E-state index in [9.17, 15) is 13.2 Å². The van der Waals surface area contributed by atoms with Crippen molar-refractivity contribution in [2.45, 2.75) is 25.6 Å². The Morgan fingerprint density at radius 2 is 2.03 bits per heavy atom. The lowest BCUT2D eigenvalue weighted by atomic mass is 9.79. The van der Waals surface area contributed by atoms with Crippen molar-refractivity contribution >= 4 is 27.4 Å². The van der Waals surface area contributed by atoms with Crippen molar-refractivity contribution in [1.29, 1.82) is 0 Å². The average molecular weight is 422 g/mol. The van der Waals surface area contributed by atoms with Gasteiger partial charge in [0.15, 0.2) is 0 Å². The van der Waals surface area contributed by atoms with Crippen LogP contribution >= 0.6 is 11.3 Å². The number of aromatic nitrogens is 4. The van der Waals surface area contributed by atoms with Gasteiger partial charge in [0.25, 0.3) is 0 Å². The van der Waals surface area contributed by atoms with Gasteiger partial charge in [-0.3, -0.25) is 9.58 Å². The molecule has 1 spiro atoms. The molecule has 0 amide bonds. The third-order valence-electron chi connectivity index (χ3n) is 5.75. The van der Waals surface area contributed by atoms with Gasteiger partial charge in [-0.05, 0) is 12.5 Å². The van der Waals surface area contributed by atoms with E-state index in [0.717, 1.165) is 61.7 Å². The number of alkyl halides is 3. The van der Waals surface area contributed by atoms with Crippen LogP contribution in [0.25, 0.3) is 10.2 Å². The van der Waals surface area contributed by atoms with Crippen LogP contribution in [0.3, 0.4) is 0 Å². The molecule has 0 bridgehead atoms. The molecule has 0 aliphatic carbocycles. The Bertz CT molecular complexity index is 1040. The van der Waals surface area contributed by atoms with E-state index < -0.39 is 12.6 Å². The Morgan fingerprint density at radius 1 is 1.21 bits per heavy atom. The van der Waals surface area contributed by atoms with Gasteiger partial charge >= 0.3 is 6.18 Å². The first-order valence-corrected chi connectivity index (χ1v) is 10.4. The molecule has 3 aromatic rings. The number of hydrogen-bond acceptors (Lipinski definition) is 6. The van der Waals surface area contributed by atoms with Crippen molar-refractivity contribution in [2.24, 2.45) is 12.5 Å². The highest BCUT2D eigenvalue weighted by molar-refractivity contribution is 7.18. The van der Waals surface area contributed by atoms with E-state index in [4.69, 9.17) is 0 Å². The summed E-state index contributed by atoms with van der Waals surface area (Å²) in [5.74, 6) is 0.766. The maximum Gasteiger partial charge on any atom is 0.393 e. The smallest absolute Gasteiger partial charge is 0.355 e. The van der Waals surface area contributed by atoms with Crippen LogP contribution < -0.4 is 4.90 Å². The van der Waals surface area contributed by atoms with Crippen LogP contribution in [0.15, 0.2) is 24.8 Å². The van der Waals surface area contributed by atoms with Gasteiger partial charge in [0.2, 0.25) is 0 Å². The zero-order chi connectivity index (χ0) is 20.2. The zero-order valence-corrected chi connectivity index (χ0v) is 16.8. The molecule has 5 heterocycles. The molecular weight excluding hydrogens is 401 g/mol. The Kier molecular flexibility index (Phi) is 4.32. The van der Waals surface area contributed by atoms with E-state index in [1.54, 1.807) is 6.07 Å². The molecule has 0 unspecified atom stereocenters. The number of hydrogen-bond donors (Lipinski definition) is 0. The van der Waals surface area contributed by atoms with Crippen LogP contribution in [0.1, 0.15) is 16.9 Å². The summed E-state index contributed by atoms with van der Waals surface area (Å²) in [7, 11) is 1.92. The van der Waals surface area contributed by atoms with E-state index in [0.29, 0.717) is 4.83 Å². The lowest BCUT2D eigenvalue weighted by Crippen LogP contribution is -2.56. The number of thiophene rings is 1. The first kappa shape index (κ1) is 18.8. The van der Waals surface area contributed by atoms with Gasteiger partial charge in [0, 0.05) is 61.8 Å². The van der Waals surface area contributed by atoms with Crippen molar-refractivity contribution in [3.05, 3.63) is 35.2 Å². The number of aryl methyl sites for hydroxylation is 1. The largest absolute Gasteiger partial charge is 0.393 e. The average Bonchev–Trinajstić information content (AvgIpc) is 3.30. The molecule has 10 heteroatoms. The Morgan fingerprint density at radius 3 is 2.76 bits per heavy atom. The molecular formula is C19H21F3N6S. The predicted molar refractivity (Wildman–Crippen MR) is 105 cm³/mol. The van der Waals surface area contributed by atoms with E-state index in [1.807, 2.05) is 24.1 Å². The van der Waals surface area contributed by atoms with Crippen molar-refractivity contribution < 1.29 is 13.2 Å². The summed E-state index contributed by atoms with van der Waals surface area (Å²) in [6.45, 7) is 4.70. The quantitative estimate of drug-likeness (QED) is 0.646. The van der Waals surface area contributed by atoms with Gasteiger partial charge in [0.1, 0.15) is 17.0 Å². The Hall–Kier alpha value is -2.20. The van der Waals surface area contributed by atoms with Crippen LogP contribution in [0.2, 0.25) is 0 Å². The van der Waals surface area contributed by atoms with Gasteiger partial charge in [0.05, 0.1) is 18.0 Å². The second-order valence-electron chi connectivity index (χ2n) is 8.26. The van der Waals surface area contributed by atoms with E-state index in [-0.39, 0.29) is 10.3 Å². The molecule has 29 heavy (non-hydrogen) atoms. The number of nitrogens with zero attached hydrogens (tertiary/aromatic N) is 6. The number of halogens is 3. The summed E-state index contributed by atoms with van der Waals surface area (Å²) in [5.41, 5.74) is 1.45. The minimum Gasteiger partial charge on any atom is -0.355 e. The maximum absolute atomic E-state index is 12.8. The highest BCUT2D eigenvalue weighted by Crippen LogP contribution is 2.43. The molecule has 2 aliphatic heterocycles. The molecule has 0 N–H and O–H groups in total. The maximum atomic E-state index is 12.8. The molecule has 0 saturated carbocycles. The second-order valence-corrected chi connectivity index (χ2v) is 9.37. The predicted octanol–water partition coefficient (Wildman–Crippen LogP) is 3.24. The van der Waals surface area contributed by atoms with E-state index in [1.165, 1.54) is 11.9 Å². The molecule has 6 nitrogen and oxygen atoms in total. The first-order chi connectivity index (χ1) is 13.8. The number of fused-ring (bicyclic) bond motifs is 1. The number of likely N-dealkylation sites (tertiary alicyclic amines) is 1. The molecule has 154 valence electrons. The summed E-state index contributed by atoms with van der Waals surface area (Å²) in [4.78, 5) is 14.2. The molecule has 2 aliphatic rings. The highest BCUT2D eigenvalue weighted by Gasteiger charge is 2.48. The SMILES string of the molecule is Cn1cc(CN2CC3(CCN(c4ncnc5sc(CC(F)(F)F)cc45)C3)C2)cn1. The van der Waals surface area contributed by atoms with Crippen LogP contribution in [0.5, 0.6) is 0 Å². The molecule has 3 aromatic heterocycles. The molecule has 2 saturated heterocycles. The summed E-state index contributed by atoms with van der Waals surface area (Å²) in [6, 6.07) is 1.61. The summed E-state index contributed by atoms with van der Waals surface area (Å²) in [6.07, 6.45) is 1.35. The van der Waals surface area contributed by atoms with Crippen LogP contribution in [-0.4, -0.2) is 57.0 Å². The zero-order valence-electron chi connectivity index (χ0n) is 16.0. The fraction of sp³-hybridized carbons (Fsp3) is 0.526. The monoisotopic (exact) mass is 422 g/mol. The molecule has 0 aromatic carbocycles. The fourth-order valence-electron chi connectivity index (χ4n) is 4.63. The second kappa shape index (κ2) is 6.66. The van der Waals surface area contributed by atoms with E-state index in [2.05, 4.69) is 24.9 Å². The van der Waals surface area contributed by atoms with Gasteiger partial charge in [-0.25, -0.2) is 9.97 Å². The van der Waals surface area contributed by atoms with Gasteiger partial charge in [-0.1, -0.05) is 0 Å². The normalized spacial score (nSPS) is 19.4. The molecule has 2 fully saturated rings. The third-order valence-corrected chi connectivity index (χ3v) is 6.80. The molecule has 0 atom stereocenters. The van der Waals surface area contributed by atoms with Crippen LogP contribution in [-0.2, 0) is 20.0 Å². The lowest BCUT2D eigenvalue weighted by Gasteiger charge is -2.48. The minimum absolute atomic E-state index is 0.240. The summed E-state index contributed by atoms with van der Waals surface area (Å²) < 4.78 is 40.1. The van der Waals surface area contributed by atoms with Crippen molar-refractivity contribution in [2.75, 3.05) is 31.1 Å². The Balaban J connectivity index is 1.28. The van der Waals surface area contributed by atoms with Crippen molar-refractivity contribution in [3.63, 3.8) is 0 Å². The third kappa shape index (κ3) is 3.71. The summed E-state index contributed by atoms with van der Waals surface area (Å²) in [5, 5.41) is 4.96. The van der Waals surface area contributed by atoms with Gasteiger partial charge in [-0.15, -0.1) is 11.3 Å². The van der Waals surface area contributed by atoms with Gasteiger partial charge < -0.3 is 4.90 Å². The molecule has 5 rings (SSSR count). The topological polar surface area (TPSA) is 50.1 Å². The molecule has 0 radical (unpaired) electrons. The standard InChI is InChI=1S/C19H21F3N6S/c1-26-7-13(6-25-26)8-27-9-18(10-27)2-3-28(11-18)16-15-4-14(5-19(20,21)22)29-17(15)24-12-23-16/h4,6-7,12H,2-3,5,8-11H2,1H3. The highest BCUT2D eigenvalue weighted by atomic mass is 32.1. The Labute approximate surface area is 170 Å². The van der Waals surface area contributed by atoms with Crippen LogP contribution in [0, 0.1) is 5.41 Å². The first-order valence-electron chi connectivity index (χ1n) is 9.54. The van der Waals surface area contributed by atoms with Crippen LogP contribution in [0.4, 0.5) is 19.0 Å². The van der Waals surface area contributed by atoms with Crippen molar-refractivity contribution in [1.82, 2.24) is 24.6 Å². The summed E-state index contributed by atoms with van der Waals surface area (Å²) >= 11 is 1.11. The number of rotatable bonds is 4. The number of anilines is 1. The van der Waals surface area contributed by atoms with E-state index >= 15 is 0 Å².